The van der Waals surface area contributed by atoms with Crippen molar-refractivity contribution in [3.8, 4) is 0 Å². The van der Waals surface area contributed by atoms with Crippen molar-refractivity contribution in [2.75, 3.05) is 0 Å². The largest absolute Gasteiger partial charge is 0.444 e. The first-order chi connectivity index (χ1) is 8.28. The van der Waals surface area contributed by atoms with Crippen LogP contribution in [0.15, 0.2) is 24.4 Å². The third-order valence-electron chi connectivity index (χ3n) is 2.09. The maximum atomic E-state index is 11.4. The predicted octanol–water partition coefficient (Wildman–Crippen LogP) is 4.14. The number of ether oxygens (including phenoxy) is 1. The molecule has 0 unspecified atom stereocenters. The van der Waals surface area contributed by atoms with Crippen molar-refractivity contribution in [3.05, 3.63) is 40.5 Å². The monoisotopic (exact) mass is 267 g/mol. The Morgan fingerprint density at radius 2 is 2.06 bits per heavy atom. The summed E-state index contributed by atoms with van der Waals surface area (Å²) in [7, 11) is 0. The predicted molar refractivity (Wildman–Crippen MR) is 74.6 cm³/mol. The molecule has 0 aromatic heterocycles. The molecule has 0 aliphatic carbocycles. The minimum atomic E-state index is -0.492. The second kappa shape index (κ2) is 5.91. The van der Waals surface area contributed by atoms with Gasteiger partial charge in [0.1, 0.15) is 5.60 Å². The van der Waals surface area contributed by atoms with Crippen molar-refractivity contribution in [1.29, 1.82) is 0 Å². The van der Waals surface area contributed by atoms with Crippen LogP contribution < -0.4 is 5.32 Å². The topological polar surface area (TPSA) is 38.3 Å². The van der Waals surface area contributed by atoms with Crippen molar-refractivity contribution in [1.82, 2.24) is 5.32 Å². The van der Waals surface area contributed by atoms with Gasteiger partial charge in [-0.25, -0.2) is 4.79 Å². The molecule has 0 fully saturated rings. The molecule has 3 nitrogen and oxygen atoms in total. The maximum Gasteiger partial charge on any atom is 0.411 e. The summed E-state index contributed by atoms with van der Waals surface area (Å²) in [4.78, 5) is 11.4. The van der Waals surface area contributed by atoms with Gasteiger partial charge in [0.05, 0.1) is 0 Å². The number of amides is 1. The molecule has 0 bridgehead atoms. The van der Waals surface area contributed by atoms with Crippen molar-refractivity contribution in [2.45, 2.75) is 33.3 Å². The fourth-order valence-electron chi connectivity index (χ4n) is 1.33. The summed E-state index contributed by atoms with van der Waals surface area (Å²) in [5.41, 5.74) is 1.55. The van der Waals surface area contributed by atoms with Gasteiger partial charge in [-0.15, -0.1) is 0 Å². The summed E-state index contributed by atoms with van der Waals surface area (Å²) in [6.45, 7) is 7.41. The highest BCUT2D eigenvalue weighted by Crippen LogP contribution is 2.16. The number of benzene rings is 1. The molecular weight excluding hydrogens is 250 g/mol. The van der Waals surface area contributed by atoms with Crippen LogP contribution in [0, 0.1) is 6.92 Å². The van der Waals surface area contributed by atoms with E-state index < -0.39 is 11.7 Å². The molecular formula is C14H18ClNO2. The van der Waals surface area contributed by atoms with E-state index in [1.807, 2.05) is 45.9 Å². The van der Waals surface area contributed by atoms with E-state index in [9.17, 15) is 4.79 Å². The molecule has 98 valence electrons. The SMILES string of the molecule is Cc1cc(Cl)ccc1/C=C\NC(=O)OC(C)(C)C. The van der Waals surface area contributed by atoms with Crippen LogP contribution in [0.4, 0.5) is 4.79 Å². The van der Waals surface area contributed by atoms with Crippen molar-refractivity contribution in [2.24, 2.45) is 0 Å². The number of alkyl carbamates (subject to hydrolysis) is 1. The third kappa shape index (κ3) is 5.23. The third-order valence-corrected chi connectivity index (χ3v) is 2.33. The number of aryl methyl sites for hydroxylation is 1. The van der Waals surface area contributed by atoms with Gasteiger partial charge in [-0.1, -0.05) is 17.7 Å². The fraction of sp³-hybridized carbons (Fsp3) is 0.357. The molecule has 1 rings (SSSR count). The number of carbonyl (C=O) groups is 1. The van der Waals surface area contributed by atoms with Gasteiger partial charge >= 0.3 is 6.09 Å². The summed E-state index contributed by atoms with van der Waals surface area (Å²) in [6.07, 6.45) is 2.89. The van der Waals surface area contributed by atoms with Gasteiger partial charge in [-0.05, 0) is 57.0 Å². The highest BCUT2D eigenvalue weighted by atomic mass is 35.5. The number of nitrogens with one attached hydrogen (secondary N) is 1. The summed E-state index contributed by atoms with van der Waals surface area (Å²) in [5.74, 6) is 0. The second-order valence-electron chi connectivity index (χ2n) is 4.98. The molecule has 1 amide bonds. The van der Waals surface area contributed by atoms with Gasteiger partial charge in [-0.2, -0.15) is 0 Å². The number of hydrogen-bond donors (Lipinski definition) is 1. The Bertz CT molecular complexity index is 461. The van der Waals surface area contributed by atoms with Crippen LogP contribution in [0.2, 0.25) is 5.02 Å². The van der Waals surface area contributed by atoms with Crippen LogP contribution in [0.3, 0.4) is 0 Å². The smallest absolute Gasteiger partial charge is 0.411 e. The number of halogens is 1. The maximum absolute atomic E-state index is 11.4. The minimum Gasteiger partial charge on any atom is -0.444 e. The Labute approximate surface area is 113 Å². The molecule has 1 aromatic rings. The van der Waals surface area contributed by atoms with Crippen LogP contribution in [-0.4, -0.2) is 11.7 Å². The average Bonchev–Trinajstić information content (AvgIpc) is 2.18. The van der Waals surface area contributed by atoms with Crippen LogP contribution in [0.1, 0.15) is 31.9 Å². The second-order valence-corrected chi connectivity index (χ2v) is 5.42. The van der Waals surface area contributed by atoms with E-state index in [4.69, 9.17) is 16.3 Å². The van der Waals surface area contributed by atoms with Crippen molar-refractivity contribution < 1.29 is 9.53 Å². The lowest BCUT2D eigenvalue weighted by Crippen LogP contribution is -2.29. The Kier molecular flexibility index (Phi) is 4.79. The van der Waals surface area contributed by atoms with E-state index >= 15 is 0 Å². The first kappa shape index (κ1) is 14.6. The lowest BCUT2D eigenvalue weighted by atomic mass is 10.1. The first-order valence-electron chi connectivity index (χ1n) is 5.70. The first-order valence-corrected chi connectivity index (χ1v) is 6.08. The molecule has 1 N–H and O–H groups in total. The molecule has 0 saturated heterocycles. The van der Waals surface area contributed by atoms with Crippen LogP contribution in [0.5, 0.6) is 0 Å². The van der Waals surface area contributed by atoms with Gasteiger partial charge in [0.15, 0.2) is 0 Å². The van der Waals surface area contributed by atoms with Gasteiger partial charge in [0.25, 0.3) is 0 Å². The molecule has 0 radical (unpaired) electrons. The Morgan fingerprint density at radius 3 is 2.61 bits per heavy atom. The zero-order chi connectivity index (χ0) is 13.8. The van der Waals surface area contributed by atoms with E-state index in [-0.39, 0.29) is 0 Å². The summed E-state index contributed by atoms with van der Waals surface area (Å²) in [6, 6.07) is 5.57. The number of rotatable bonds is 2. The molecule has 18 heavy (non-hydrogen) atoms. The van der Waals surface area contributed by atoms with Gasteiger partial charge < -0.3 is 4.74 Å². The zero-order valence-corrected chi connectivity index (χ0v) is 11.8. The van der Waals surface area contributed by atoms with Crippen LogP contribution in [-0.2, 0) is 4.74 Å². The lowest BCUT2D eigenvalue weighted by molar-refractivity contribution is 0.0553. The molecule has 0 saturated carbocycles. The van der Waals surface area contributed by atoms with Gasteiger partial charge in [0.2, 0.25) is 0 Å². The van der Waals surface area contributed by atoms with Crippen LogP contribution in [0.25, 0.3) is 6.08 Å². The lowest BCUT2D eigenvalue weighted by Gasteiger charge is -2.18. The highest BCUT2D eigenvalue weighted by Gasteiger charge is 2.14. The van der Waals surface area contributed by atoms with E-state index in [0.717, 1.165) is 11.1 Å². The van der Waals surface area contributed by atoms with E-state index in [1.54, 1.807) is 12.3 Å². The molecule has 0 atom stereocenters. The normalized spacial score (nSPS) is 11.6. The van der Waals surface area contributed by atoms with Gasteiger partial charge in [0, 0.05) is 11.2 Å². The average molecular weight is 268 g/mol. The minimum absolute atomic E-state index is 0.467. The Hall–Kier alpha value is -1.48. The van der Waals surface area contributed by atoms with E-state index in [1.165, 1.54) is 0 Å². The summed E-state index contributed by atoms with van der Waals surface area (Å²) >= 11 is 5.86. The Balaban J connectivity index is 2.58. The van der Waals surface area contributed by atoms with Crippen molar-refractivity contribution in [3.63, 3.8) is 0 Å². The summed E-state index contributed by atoms with van der Waals surface area (Å²) in [5, 5.41) is 3.25. The molecule has 0 heterocycles. The standard InChI is InChI=1S/C14H18ClNO2/c1-10-9-12(15)6-5-11(10)7-8-16-13(17)18-14(2,3)4/h5-9H,1-4H3,(H,16,17)/b8-7-. The molecule has 0 aliphatic heterocycles. The van der Waals surface area contributed by atoms with Crippen molar-refractivity contribution >= 4 is 23.8 Å². The number of carbonyl (C=O) groups excluding carboxylic acids is 1. The van der Waals surface area contributed by atoms with Gasteiger partial charge in [-0.3, -0.25) is 5.32 Å². The molecule has 4 heteroatoms. The molecule has 1 aromatic carbocycles. The highest BCUT2D eigenvalue weighted by molar-refractivity contribution is 6.30. The zero-order valence-electron chi connectivity index (χ0n) is 11.1. The fourth-order valence-corrected chi connectivity index (χ4v) is 1.56. The Morgan fingerprint density at radius 1 is 1.39 bits per heavy atom. The molecule has 0 spiro atoms. The van der Waals surface area contributed by atoms with E-state index in [2.05, 4.69) is 5.32 Å². The summed E-state index contributed by atoms with van der Waals surface area (Å²) < 4.78 is 5.10. The van der Waals surface area contributed by atoms with Crippen LogP contribution >= 0.6 is 11.6 Å². The number of hydrogen-bond acceptors (Lipinski definition) is 2. The molecule has 0 aliphatic rings. The van der Waals surface area contributed by atoms with E-state index in [0.29, 0.717) is 5.02 Å². The quantitative estimate of drug-likeness (QED) is 0.874.